The van der Waals surface area contributed by atoms with Gasteiger partial charge in [-0.1, -0.05) is 0 Å². The normalized spacial score (nSPS) is 22.3. The quantitative estimate of drug-likeness (QED) is 0.918. The molecule has 6 heteroatoms. The van der Waals surface area contributed by atoms with Crippen LogP contribution in [0.25, 0.3) is 0 Å². The number of anilines is 1. The van der Waals surface area contributed by atoms with Gasteiger partial charge in [0.15, 0.2) is 9.84 Å². The highest BCUT2D eigenvalue weighted by Gasteiger charge is 2.28. The van der Waals surface area contributed by atoms with Crippen LogP contribution in [0.15, 0.2) is 18.3 Å². The van der Waals surface area contributed by atoms with Gasteiger partial charge in [-0.05, 0) is 39.8 Å². The van der Waals surface area contributed by atoms with E-state index in [0.717, 1.165) is 11.4 Å². The summed E-state index contributed by atoms with van der Waals surface area (Å²) in [5, 5.41) is 3.42. The average molecular weight is 311 g/mol. The van der Waals surface area contributed by atoms with Crippen LogP contribution in [0, 0.1) is 0 Å². The van der Waals surface area contributed by atoms with E-state index in [-0.39, 0.29) is 23.1 Å². The van der Waals surface area contributed by atoms with E-state index in [1.807, 2.05) is 19.1 Å². The van der Waals surface area contributed by atoms with E-state index >= 15 is 0 Å². The zero-order chi connectivity index (χ0) is 15.7. The Labute approximate surface area is 127 Å². The molecule has 1 aromatic rings. The van der Waals surface area contributed by atoms with Gasteiger partial charge in [0.25, 0.3) is 0 Å². The van der Waals surface area contributed by atoms with Gasteiger partial charge in [-0.15, -0.1) is 0 Å². The molecule has 0 aromatic carbocycles. The first-order valence-electron chi connectivity index (χ1n) is 7.33. The Morgan fingerprint density at radius 3 is 2.76 bits per heavy atom. The summed E-state index contributed by atoms with van der Waals surface area (Å²) < 4.78 is 23.3. The molecule has 1 aliphatic rings. The second-order valence-corrected chi connectivity index (χ2v) is 8.99. The fourth-order valence-electron chi connectivity index (χ4n) is 2.48. The molecule has 0 radical (unpaired) electrons. The molecule has 1 saturated heterocycles. The van der Waals surface area contributed by atoms with E-state index in [2.05, 4.69) is 36.0 Å². The minimum Gasteiger partial charge on any atom is -0.367 e. The molecule has 118 valence electrons. The van der Waals surface area contributed by atoms with Crippen molar-refractivity contribution in [3.8, 4) is 0 Å². The Bertz CT molecular complexity index is 593. The van der Waals surface area contributed by atoms with Crippen LogP contribution in [0.5, 0.6) is 0 Å². The van der Waals surface area contributed by atoms with Gasteiger partial charge in [-0.3, -0.25) is 4.98 Å². The van der Waals surface area contributed by atoms with Gasteiger partial charge in [0.1, 0.15) is 0 Å². The molecule has 1 aromatic heterocycles. The van der Waals surface area contributed by atoms with Crippen molar-refractivity contribution in [2.24, 2.45) is 0 Å². The van der Waals surface area contributed by atoms with Crippen LogP contribution in [0.4, 0.5) is 5.69 Å². The Morgan fingerprint density at radius 1 is 1.43 bits per heavy atom. The summed E-state index contributed by atoms with van der Waals surface area (Å²) in [5.74, 6) is 0.458. The second-order valence-electron chi connectivity index (χ2n) is 6.77. The van der Waals surface area contributed by atoms with Gasteiger partial charge in [0.2, 0.25) is 0 Å². The third-order valence-corrected chi connectivity index (χ3v) is 5.40. The Kier molecular flexibility index (Phi) is 4.58. The van der Waals surface area contributed by atoms with Crippen LogP contribution in [0.3, 0.4) is 0 Å². The van der Waals surface area contributed by atoms with Crippen molar-refractivity contribution < 1.29 is 8.42 Å². The van der Waals surface area contributed by atoms with E-state index in [1.165, 1.54) is 0 Å². The summed E-state index contributed by atoms with van der Waals surface area (Å²) in [6, 6.07) is 4.01. The van der Waals surface area contributed by atoms with E-state index < -0.39 is 9.84 Å². The number of nitrogens with zero attached hydrogens (tertiary/aromatic N) is 2. The molecular weight excluding hydrogens is 286 g/mol. The molecule has 0 saturated carbocycles. The summed E-state index contributed by atoms with van der Waals surface area (Å²) in [7, 11) is -2.88. The maximum Gasteiger partial charge on any atom is 0.154 e. The summed E-state index contributed by atoms with van der Waals surface area (Å²) in [6.07, 6.45) is 1.80. The Balaban J connectivity index is 2.10. The van der Waals surface area contributed by atoms with Crippen molar-refractivity contribution in [1.82, 2.24) is 10.3 Å². The Hall–Kier alpha value is -1.14. The maximum atomic E-state index is 11.7. The zero-order valence-corrected chi connectivity index (χ0v) is 14.1. The second kappa shape index (κ2) is 5.93. The molecule has 5 nitrogen and oxygen atoms in total. The lowest BCUT2D eigenvalue weighted by Crippen LogP contribution is -2.47. The number of nitrogens with one attached hydrogen (secondary N) is 1. The van der Waals surface area contributed by atoms with E-state index in [9.17, 15) is 8.42 Å². The highest BCUT2D eigenvalue weighted by Crippen LogP contribution is 2.22. The molecule has 1 fully saturated rings. The summed E-state index contributed by atoms with van der Waals surface area (Å²) in [6.45, 7) is 9.58. The molecule has 0 bridgehead atoms. The van der Waals surface area contributed by atoms with Crippen LogP contribution < -0.4 is 10.2 Å². The van der Waals surface area contributed by atoms with Crippen LogP contribution in [-0.2, 0) is 16.4 Å². The van der Waals surface area contributed by atoms with Gasteiger partial charge >= 0.3 is 0 Å². The van der Waals surface area contributed by atoms with Gasteiger partial charge in [-0.25, -0.2) is 8.42 Å². The molecule has 2 heterocycles. The third-order valence-electron chi connectivity index (χ3n) is 3.60. The van der Waals surface area contributed by atoms with Gasteiger partial charge in [-0.2, -0.15) is 0 Å². The highest BCUT2D eigenvalue weighted by molar-refractivity contribution is 7.91. The molecule has 1 N–H and O–H groups in total. The predicted octanol–water partition coefficient (Wildman–Crippen LogP) is 1.59. The lowest BCUT2D eigenvalue weighted by atomic mass is 10.1. The van der Waals surface area contributed by atoms with Crippen molar-refractivity contribution in [3.63, 3.8) is 0 Å². The minimum absolute atomic E-state index is 0.00887. The largest absolute Gasteiger partial charge is 0.367 e. The zero-order valence-electron chi connectivity index (χ0n) is 13.3. The number of sulfone groups is 1. The van der Waals surface area contributed by atoms with Crippen LogP contribution in [0.2, 0.25) is 0 Å². The maximum absolute atomic E-state index is 11.7. The summed E-state index contributed by atoms with van der Waals surface area (Å²) in [4.78, 5) is 6.54. The van der Waals surface area contributed by atoms with E-state index in [1.54, 1.807) is 6.20 Å². The SMILES string of the molecule is CC1CS(=O)(=O)CCN1c1ccnc(CNC(C)(C)C)c1. The molecular formula is C15H25N3O2S. The van der Waals surface area contributed by atoms with Gasteiger partial charge in [0.05, 0.1) is 17.2 Å². The van der Waals surface area contributed by atoms with Crippen molar-refractivity contribution in [3.05, 3.63) is 24.0 Å². The number of aromatic nitrogens is 1. The Morgan fingerprint density at radius 2 is 2.14 bits per heavy atom. The molecule has 2 rings (SSSR count). The molecule has 21 heavy (non-hydrogen) atoms. The van der Waals surface area contributed by atoms with Crippen molar-refractivity contribution >= 4 is 15.5 Å². The monoisotopic (exact) mass is 311 g/mol. The van der Waals surface area contributed by atoms with Crippen LogP contribution in [0.1, 0.15) is 33.4 Å². The predicted molar refractivity (Wildman–Crippen MR) is 86.3 cm³/mol. The first-order valence-corrected chi connectivity index (χ1v) is 9.15. The minimum atomic E-state index is -2.88. The number of pyridine rings is 1. The molecule has 0 aliphatic carbocycles. The first kappa shape index (κ1) is 16.2. The highest BCUT2D eigenvalue weighted by atomic mass is 32.2. The molecule has 1 unspecified atom stereocenters. The summed E-state index contributed by atoms with van der Waals surface area (Å²) >= 11 is 0. The fraction of sp³-hybridized carbons (Fsp3) is 0.667. The average Bonchev–Trinajstić information content (AvgIpc) is 2.35. The van der Waals surface area contributed by atoms with E-state index in [4.69, 9.17) is 0 Å². The fourth-order valence-corrected chi connectivity index (χ4v) is 4.04. The lowest BCUT2D eigenvalue weighted by molar-refractivity contribution is 0.421. The van der Waals surface area contributed by atoms with Crippen LogP contribution >= 0.6 is 0 Å². The van der Waals surface area contributed by atoms with Gasteiger partial charge in [0, 0.05) is 36.6 Å². The standard InChI is InChI=1S/C15H25N3O2S/c1-12-11-21(19,20)8-7-18(12)14-5-6-16-13(9-14)10-17-15(2,3)4/h5-6,9,12,17H,7-8,10-11H2,1-4H3. The first-order chi connectivity index (χ1) is 9.66. The number of hydrogen-bond donors (Lipinski definition) is 1. The topological polar surface area (TPSA) is 62.3 Å². The lowest BCUT2D eigenvalue weighted by Gasteiger charge is -2.35. The molecule has 0 spiro atoms. The number of hydrogen-bond acceptors (Lipinski definition) is 5. The summed E-state index contributed by atoms with van der Waals surface area (Å²) in [5.41, 5.74) is 2.07. The van der Waals surface area contributed by atoms with Crippen molar-refractivity contribution in [1.29, 1.82) is 0 Å². The van der Waals surface area contributed by atoms with Gasteiger partial charge < -0.3 is 10.2 Å². The smallest absolute Gasteiger partial charge is 0.154 e. The number of rotatable bonds is 3. The third kappa shape index (κ3) is 4.68. The van der Waals surface area contributed by atoms with E-state index in [0.29, 0.717) is 13.1 Å². The molecule has 0 amide bonds. The van der Waals surface area contributed by atoms with Crippen molar-refractivity contribution in [2.45, 2.75) is 45.8 Å². The molecule has 1 aliphatic heterocycles. The molecule has 1 atom stereocenters. The van der Waals surface area contributed by atoms with Crippen LogP contribution in [-0.4, -0.2) is 43.0 Å². The van der Waals surface area contributed by atoms with Crippen molar-refractivity contribution in [2.75, 3.05) is 23.0 Å².